The maximum absolute atomic E-state index is 12.4. The number of hydrogen-bond acceptors (Lipinski definition) is 3. The smallest absolute Gasteiger partial charge is 0.216 e. The van der Waals surface area contributed by atoms with Crippen LogP contribution in [0.5, 0.6) is 5.75 Å². The Bertz CT molecular complexity index is 772. The van der Waals surface area contributed by atoms with Gasteiger partial charge in [-0.15, -0.1) is 0 Å². The van der Waals surface area contributed by atoms with Gasteiger partial charge in [0.25, 0.3) is 0 Å². The van der Waals surface area contributed by atoms with E-state index in [4.69, 9.17) is 27.9 Å². The largest absolute Gasteiger partial charge is 0.494 e. The molecule has 0 aliphatic heterocycles. The zero-order chi connectivity index (χ0) is 17.7. The second kappa shape index (κ2) is 8.21. The van der Waals surface area contributed by atoms with E-state index in [1.807, 2.05) is 31.2 Å². The molecule has 0 fully saturated rings. The van der Waals surface area contributed by atoms with E-state index in [2.05, 4.69) is 4.72 Å². The van der Waals surface area contributed by atoms with E-state index in [0.717, 1.165) is 11.3 Å². The lowest BCUT2D eigenvalue weighted by Crippen LogP contribution is -2.28. The minimum absolute atomic E-state index is 0.271. The molecular formula is C17H19Cl2NO3S. The van der Waals surface area contributed by atoms with Crippen LogP contribution in [-0.2, 0) is 15.8 Å². The van der Waals surface area contributed by atoms with Crippen molar-refractivity contribution in [2.24, 2.45) is 0 Å². The van der Waals surface area contributed by atoms with Crippen molar-refractivity contribution in [2.75, 3.05) is 6.61 Å². The summed E-state index contributed by atoms with van der Waals surface area (Å²) in [6.45, 7) is 4.27. The van der Waals surface area contributed by atoms with Gasteiger partial charge in [-0.25, -0.2) is 13.1 Å². The van der Waals surface area contributed by atoms with Crippen LogP contribution in [0.15, 0.2) is 42.5 Å². The molecule has 2 rings (SSSR count). The van der Waals surface area contributed by atoms with Gasteiger partial charge in [-0.05, 0) is 43.7 Å². The number of sulfonamides is 1. The van der Waals surface area contributed by atoms with Crippen LogP contribution in [0.4, 0.5) is 0 Å². The van der Waals surface area contributed by atoms with Gasteiger partial charge in [0.1, 0.15) is 5.75 Å². The third-order valence-corrected chi connectivity index (χ3v) is 5.53. The summed E-state index contributed by atoms with van der Waals surface area (Å²) in [4.78, 5) is 0. The molecule has 0 heterocycles. The minimum atomic E-state index is -3.60. The zero-order valence-electron chi connectivity index (χ0n) is 13.4. The van der Waals surface area contributed by atoms with Crippen LogP contribution in [-0.4, -0.2) is 15.0 Å². The van der Waals surface area contributed by atoms with E-state index < -0.39 is 10.0 Å². The molecule has 0 spiro atoms. The second-order valence-corrected chi connectivity index (χ2v) is 7.87. The molecule has 2 aromatic rings. The summed E-state index contributed by atoms with van der Waals surface area (Å²) in [5.41, 5.74) is 1.24. The van der Waals surface area contributed by atoms with Crippen LogP contribution in [0.1, 0.15) is 31.0 Å². The minimum Gasteiger partial charge on any atom is -0.494 e. The van der Waals surface area contributed by atoms with E-state index in [1.54, 1.807) is 25.1 Å². The molecule has 0 aliphatic carbocycles. The average Bonchev–Trinajstić information content (AvgIpc) is 2.52. The summed E-state index contributed by atoms with van der Waals surface area (Å²) in [7, 11) is -3.60. The molecule has 0 aliphatic rings. The Kier molecular flexibility index (Phi) is 6.52. The molecule has 0 amide bonds. The summed E-state index contributed by atoms with van der Waals surface area (Å²) in [6.07, 6.45) is 0. The second-order valence-electron chi connectivity index (χ2n) is 5.30. The summed E-state index contributed by atoms with van der Waals surface area (Å²) >= 11 is 12.1. The Hall–Kier alpha value is -1.27. The first-order valence-electron chi connectivity index (χ1n) is 7.48. The molecule has 0 saturated heterocycles. The fraction of sp³-hybridized carbons (Fsp3) is 0.294. The third kappa shape index (κ3) is 5.11. The standard InChI is InChI=1S/C17H19Cl2NO3S/c1-3-23-14-9-7-13(8-10-14)12(2)20-24(21,22)11-15-16(18)5-4-6-17(15)19/h4-10,12,20H,3,11H2,1-2H3/t12-/m0/s1. The lowest BCUT2D eigenvalue weighted by molar-refractivity contribution is 0.340. The van der Waals surface area contributed by atoms with Crippen molar-refractivity contribution in [3.05, 3.63) is 63.6 Å². The van der Waals surface area contributed by atoms with Gasteiger partial charge in [0.2, 0.25) is 10.0 Å². The first kappa shape index (κ1) is 19.1. The molecule has 24 heavy (non-hydrogen) atoms. The molecule has 4 nitrogen and oxygen atoms in total. The topological polar surface area (TPSA) is 55.4 Å². The van der Waals surface area contributed by atoms with Crippen molar-refractivity contribution in [3.8, 4) is 5.75 Å². The highest BCUT2D eigenvalue weighted by Gasteiger charge is 2.19. The molecule has 130 valence electrons. The molecular weight excluding hydrogens is 369 g/mol. The first-order chi connectivity index (χ1) is 11.3. The van der Waals surface area contributed by atoms with Gasteiger partial charge in [-0.1, -0.05) is 41.4 Å². The highest BCUT2D eigenvalue weighted by Crippen LogP contribution is 2.27. The van der Waals surface area contributed by atoms with Crippen LogP contribution >= 0.6 is 23.2 Å². The Balaban J connectivity index is 2.10. The molecule has 1 N–H and O–H groups in total. The van der Waals surface area contributed by atoms with E-state index in [0.29, 0.717) is 22.2 Å². The number of hydrogen-bond donors (Lipinski definition) is 1. The Morgan fingerprint density at radius 2 is 1.67 bits per heavy atom. The molecule has 2 aromatic carbocycles. The summed E-state index contributed by atoms with van der Waals surface area (Å²) in [6, 6.07) is 11.8. The van der Waals surface area contributed by atoms with Gasteiger partial charge in [0.15, 0.2) is 0 Å². The maximum atomic E-state index is 12.4. The zero-order valence-corrected chi connectivity index (χ0v) is 15.8. The lowest BCUT2D eigenvalue weighted by Gasteiger charge is -2.16. The number of nitrogens with one attached hydrogen (secondary N) is 1. The van der Waals surface area contributed by atoms with Crippen molar-refractivity contribution >= 4 is 33.2 Å². The molecule has 0 radical (unpaired) electrons. The quantitative estimate of drug-likeness (QED) is 0.756. The summed E-state index contributed by atoms with van der Waals surface area (Å²) < 4.78 is 32.8. The molecule has 0 saturated carbocycles. The first-order valence-corrected chi connectivity index (χ1v) is 9.89. The molecule has 0 bridgehead atoms. The van der Waals surface area contributed by atoms with Crippen LogP contribution in [0.2, 0.25) is 10.0 Å². The highest BCUT2D eigenvalue weighted by molar-refractivity contribution is 7.88. The Morgan fingerprint density at radius 1 is 1.08 bits per heavy atom. The van der Waals surface area contributed by atoms with Crippen molar-refractivity contribution < 1.29 is 13.2 Å². The normalized spacial score (nSPS) is 12.8. The van der Waals surface area contributed by atoms with Crippen LogP contribution in [0.3, 0.4) is 0 Å². The van der Waals surface area contributed by atoms with Gasteiger partial charge in [-0.3, -0.25) is 0 Å². The lowest BCUT2D eigenvalue weighted by atomic mass is 10.1. The number of halogens is 2. The fourth-order valence-corrected chi connectivity index (χ4v) is 4.40. The molecule has 1 atom stereocenters. The predicted molar refractivity (Wildman–Crippen MR) is 98.2 cm³/mol. The van der Waals surface area contributed by atoms with Crippen LogP contribution in [0.25, 0.3) is 0 Å². The van der Waals surface area contributed by atoms with Crippen LogP contribution in [0, 0.1) is 0 Å². The maximum Gasteiger partial charge on any atom is 0.216 e. The van der Waals surface area contributed by atoms with Crippen molar-refractivity contribution in [1.29, 1.82) is 0 Å². The predicted octanol–water partition coefficient (Wildman–Crippen LogP) is 4.57. The van der Waals surface area contributed by atoms with Crippen molar-refractivity contribution in [3.63, 3.8) is 0 Å². The molecule has 7 heteroatoms. The summed E-state index contributed by atoms with van der Waals surface area (Å²) in [5, 5.41) is 0.670. The number of ether oxygens (including phenoxy) is 1. The fourth-order valence-electron chi connectivity index (χ4n) is 2.26. The molecule has 0 unspecified atom stereocenters. The van der Waals surface area contributed by atoms with E-state index in [1.165, 1.54) is 0 Å². The average molecular weight is 388 g/mol. The highest BCUT2D eigenvalue weighted by atomic mass is 35.5. The van der Waals surface area contributed by atoms with Gasteiger partial charge in [-0.2, -0.15) is 0 Å². The Labute approximate surface area is 152 Å². The monoisotopic (exact) mass is 387 g/mol. The number of benzene rings is 2. The Morgan fingerprint density at radius 3 is 2.21 bits per heavy atom. The third-order valence-electron chi connectivity index (χ3n) is 3.44. The van der Waals surface area contributed by atoms with Gasteiger partial charge < -0.3 is 4.74 Å². The van der Waals surface area contributed by atoms with E-state index in [9.17, 15) is 8.42 Å². The van der Waals surface area contributed by atoms with E-state index in [-0.39, 0.29) is 11.8 Å². The molecule has 0 aromatic heterocycles. The SMILES string of the molecule is CCOc1ccc([C@H](C)NS(=O)(=O)Cc2c(Cl)cccc2Cl)cc1. The van der Waals surface area contributed by atoms with Gasteiger partial charge >= 0.3 is 0 Å². The summed E-state index contributed by atoms with van der Waals surface area (Å²) in [5.74, 6) is 0.478. The van der Waals surface area contributed by atoms with E-state index >= 15 is 0 Å². The number of rotatable bonds is 7. The van der Waals surface area contributed by atoms with Gasteiger partial charge in [0.05, 0.1) is 12.4 Å². The van der Waals surface area contributed by atoms with Crippen molar-refractivity contribution in [1.82, 2.24) is 4.72 Å². The van der Waals surface area contributed by atoms with Crippen molar-refractivity contribution in [2.45, 2.75) is 25.6 Å². The van der Waals surface area contributed by atoms with Gasteiger partial charge in [0, 0.05) is 21.7 Å². The van der Waals surface area contributed by atoms with Crippen LogP contribution < -0.4 is 9.46 Å².